The highest BCUT2D eigenvalue weighted by molar-refractivity contribution is 5.72. The minimum absolute atomic E-state index is 0.0650. The number of ether oxygens (including phenoxy) is 1. The first-order valence-corrected chi connectivity index (χ1v) is 8.38. The maximum absolute atomic E-state index is 11.6. The van der Waals surface area contributed by atoms with Crippen molar-refractivity contribution >= 4 is 29.0 Å². The van der Waals surface area contributed by atoms with Crippen molar-refractivity contribution in [1.29, 1.82) is 0 Å². The highest BCUT2D eigenvalue weighted by atomic mass is 16.6. The van der Waals surface area contributed by atoms with E-state index in [9.17, 15) is 10.1 Å². The Bertz CT molecular complexity index is 791. The molecule has 1 aliphatic rings. The van der Waals surface area contributed by atoms with Crippen LogP contribution in [-0.4, -0.2) is 47.2 Å². The Hall–Kier alpha value is -2.94. The third-order valence-corrected chi connectivity index (χ3v) is 4.23. The van der Waals surface area contributed by atoms with Crippen LogP contribution in [0.5, 0.6) is 0 Å². The molecule has 0 radical (unpaired) electrons. The summed E-state index contributed by atoms with van der Waals surface area (Å²) in [6, 6.07) is 9.50. The van der Waals surface area contributed by atoms with Crippen molar-refractivity contribution in [3.05, 3.63) is 40.4 Å². The van der Waals surface area contributed by atoms with Crippen LogP contribution in [0.2, 0.25) is 0 Å². The number of hydrogen-bond acceptors (Lipinski definition) is 8. The normalized spacial score (nSPS) is 20.0. The van der Waals surface area contributed by atoms with Gasteiger partial charge in [-0.15, -0.1) is 0 Å². The standard InChI is InChI=1S/C17H22N6O3/c1-11-9-22(10-12(2)26-11)16-14(23(24)25)15(18)19-17(20-16)21(3)13-7-5-4-6-8-13/h4-8,11-12H,9-10H2,1-3H3,(H2,18,19,20)/t11-,12-/m1/s1. The summed E-state index contributed by atoms with van der Waals surface area (Å²) < 4.78 is 5.72. The Morgan fingerprint density at radius 2 is 1.85 bits per heavy atom. The molecule has 1 aliphatic heterocycles. The molecule has 1 saturated heterocycles. The Labute approximate surface area is 151 Å². The molecule has 3 rings (SSSR count). The van der Waals surface area contributed by atoms with Crippen molar-refractivity contribution in [3.63, 3.8) is 0 Å². The van der Waals surface area contributed by atoms with E-state index in [1.165, 1.54) is 0 Å². The summed E-state index contributed by atoms with van der Waals surface area (Å²) in [5.74, 6) is 0.382. The van der Waals surface area contributed by atoms with E-state index in [1.54, 1.807) is 11.9 Å². The fourth-order valence-corrected chi connectivity index (χ4v) is 3.11. The van der Waals surface area contributed by atoms with E-state index < -0.39 is 4.92 Å². The number of nitrogen functional groups attached to an aromatic ring is 1. The Morgan fingerprint density at radius 1 is 1.23 bits per heavy atom. The summed E-state index contributed by atoms with van der Waals surface area (Å²) in [6.07, 6.45) is -0.130. The summed E-state index contributed by atoms with van der Waals surface area (Å²) in [5, 5.41) is 11.6. The summed E-state index contributed by atoms with van der Waals surface area (Å²) in [4.78, 5) is 23.3. The van der Waals surface area contributed by atoms with Gasteiger partial charge < -0.3 is 20.3 Å². The van der Waals surface area contributed by atoms with Crippen LogP contribution >= 0.6 is 0 Å². The number of nitrogens with zero attached hydrogens (tertiary/aromatic N) is 5. The molecule has 2 atom stereocenters. The van der Waals surface area contributed by atoms with Crippen molar-refractivity contribution in [3.8, 4) is 0 Å². The molecule has 9 nitrogen and oxygen atoms in total. The zero-order chi connectivity index (χ0) is 18.8. The van der Waals surface area contributed by atoms with Gasteiger partial charge in [0.15, 0.2) is 0 Å². The fourth-order valence-electron chi connectivity index (χ4n) is 3.11. The fraction of sp³-hybridized carbons (Fsp3) is 0.412. The first kappa shape index (κ1) is 17.9. The average Bonchev–Trinajstić information content (AvgIpc) is 2.60. The van der Waals surface area contributed by atoms with E-state index in [2.05, 4.69) is 9.97 Å². The Balaban J connectivity index is 2.06. The lowest BCUT2D eigenvalue weighted by Gasteiger charge is -2.36. The van der Waals surface area contributed by atoms with Crippen LogP contribution in [0.1, 0.15) is 13.8 Å². The second-order valence-electron chi connectivity index (χ2n) is 6.40. The smallest absolute Gasteiger partial charge is 0.353 e. The van der Waals surface area contributed by atoms with Crippen molar-refractivity contribution in [2.45, 2.75) is 26.1 Å². The van der Waals surface area contributed by atoms with E-state index in [0.29, 0.717) is 19.0 Å². The van der Waals surface area contributed by atoms with Gasteiger partial charge in [-0.1, -0.05) is 18.2 Å². The number of aromatic nitrogens is 2. The molecule has 1 aromatic carbocycles. The largest absolute Gasteiger partial charge is 0.378 e. The molecule has 0 saturated carbocycles. The molecule has 0 unspecified atom stereocenters. The van der Waals surface area contributed by atoms with E-state index in [0.717, 1.165) is 5.69 Å². The third-order valence-electron chi connectivity index (χ3n) is 4.23. The van der Waals surface area contributed by atoms with Crippen LogP contribution in [0, 0.1) is 10.1 Å². The highest BCUT2D eigenvalue weighted by Crippen LogP contribution is 2.35. The van der Waals surface area contributed by atoms with Crippen LogP contribution in [0.25, 0.3) is 0 Å². The van der Waals surface area contributed by atoms with Crippen molar-refractivity contribution in [2.24, 2.45) is 0 Å². The minimum Gasteiger partial charge on any atom is -0.378 e. The van der Waals surface area contributed by atoms with Crippen LogP contribution < -0.4 is 15.5 Å². The lowest BCUT2D eigenvalue weighted by atomic mass is 10.2. The maximum atomic E-state index is 11.6. The number of para-hydroxylation sites is 1. The number of nitrogens with two attached hydrogens (primary N) is 1. The van der Waals surface area contributed by atoms with Gasteiger partial charge in [0.25, 0.3) is 0 Å². The zero-order valence-corrected chi connectivity index (χ0v) is 15.0. The summed E-state index contributed by atoms with van der Waals surface area (Å²) in [7, 11) is 1.80. The summed E-state index contributed by atoms with van der Waals surface area (Å²) in [6.45, 7) is 4.85. The molecule has 0 spiro atoms. The molecular weight excluding hydrogens is 336 g/mol. The predicted molar refractivity (Wildman–Crippen MR) is 99.8 cm³/mol. The van der Waals surface area contributed by atoms with Crippen LogP contribution in [-0.2, 0) is 4.74 Å². The van der Waals surface area contributed by atoms with Gasteiger partial charge >= 0.3 is 5.69 Å². The molecule has 2 aromatic rings. The van der Waals surface area contributed by atoms with Crippen LogP contribution in [0.4, 0.5) is 29.0 Å². The molecule has 2 heterocycles. The second-order valence-corrected chi connectivity index (χ2v) is 6.40. The Morgan fingerprint density at radius 3 is 2.42 bits per heavy atom. The van der Waals surface area contributed by atoms with E-state index >= 15 is 0 Å². The van der Waals surface area contributed by atoms with Crippen molar-refractivity contribution < 1.29 is 9.66 Å². The lowest BCUT2D eigenvalue weighted by Crippen LogP contribution is -2.46. The SMILES string of the molecule is C[C@@H]1CN(c2nc(N(C)c3ccccc3)nc(N)c2[N+](=O)[O-])C[C@@H](C)O1. The minimum atomic E-state index is -0.526. The number of rotatable bonds is 4. The molecule has 26 heavy (non-hydrogen) atoms. The van der Waals surface area contributed by atoms with Gasteiger partial charge in [-0.25, -0.2) is 0 Å². The van der Waals surface area contributed by atoms with Crippen LogP contribution in [0.15, 0.2) is 30.3 Å². The Kier molecular flexibility index (Phi) is 4.90. The third kappa shape index (κ3) is 3.52. The monoisotopic (exact) mass is 358 g/mol. The van der Waals surface area contributed by atoms with Gasteiger partial charge in [0.05, 0.1) is 17.1 Å². The first-order valence-electron chi connectivity index (χ1n) is 8.38. The average molecular weight is 358 g/mol. The van der Waals surface area contributed by atoms with Gasteiger partial charge in [-0.2, -0.15) is 9.97 Å². The predicted octanol–water partition coefficient (Wildman–Crippen LogP) is 2.35. The molecule has 1 aromatic heterocycles. The quantitative estimate of drug-likeness (QED) is 0.655. The van der Waals surface area contributed by atoms with Gasteiger partial charge in [0.2, 0.25) is 17.6 Å². The molecular formula is C17H22N6O3. The molecule has 0 amide bonds. The van der Waals surface area contributed by atoms with E-state index in [1.807, 2.05) is 49.1 Å². The van der Waals surface area contributed by atoms with E-state index in [-0.39, 0.29) is 29.5 Å². The summed E-state index contributed by atoms with van der Waals surface area (Å²) >= 11 is 0. The molecule has 1 fully saturated rings. The number of hydrogen-bond donors (Lipinski definition) is 1. The van der Waals surface area contributed by atoms with Crippen LogP contribution in [0.3, 0.4) is 0 Å². The van der Waals surface area contributed by atoms with Crippen molar-refractivity contribution in [2.75, 3.05) is 35.7 Å². The number of benzene rings is 1. The zero-order valence-electron chi connectivity index (χ0n) is 15.0. The maximum Gasteiger partial charge on any atom is 0.353 e. The molecule has 138 valence electrons. The second kappa shape index (κ2) is 7.12. The van der Waals surface area contributed by atoms with Gasteiger partial charge in [0, 0.05) is 25.8 Å². The number of morpholine rings is 1. The molecule has 9 heteroatoms. The number of nitro groups is 1. The first-order chi connectivity index (χ1) is 12.4. The van der Waals surface area contributed by atoms with Gasteiger partial charge in [0.1, 0.15) is 0 Å². The molecule has 0 aliphatic carbocycles. The topological polar surface area (TPSA) is 111 Å². The van der Waals surface area contributed by atoms with Gasteiger partial charge in [-0.05, 0) is 26.0 Å². The van der Waals surface area contributed by atoms with Crippen molar-refractivity contribution in [1.82, 2.24) is 9.97 Å². The molecule has 2 N–H and O–H groups in total. The van der Waals surface area contributed by atoms with Gasteiger partial charge in [-0.3, -0.25) is 10.1 Å². The van der Waals surface area contributed by atoms with E-state index in [4.69, 9.17) is 10.5 Å². The number of anilines is 4. The summed E-state index contributed by atoms with van der Waals surface area (Å²) in [5.41, 5.74) is 6.53. The molecule has 0 bridgehead atoms. The highest BCUT2D eigenvalue weighted by Gasteiger charge is 2.32. The lowest BCUT2D eigenvalue weighted by molar-refractivity contribution is -0.383.